The summed E-state index contributed by atoms with van der Waals surface area (Å²) in [6, 6.07) is 14.9. The number of nitrogens with one attached hydrogen (secondary N) is 1. The predicted octanol–water partition coefficient (Wildman–Crippen LogP) is 2.91. The van der Waals surface area contributed by atoms with E-state index >= 15 is 0 Å². The van der Waals surface area contributed by atoms with Gasteiger partial charge >= 0.3 is 6.03 Å². The Balaban J connectivity index is 1.59. The van der Waals surface area contributed by atoms with E-state index < -0.39 is 0 Å². The molecule has 1 saturated heterocycles. The van der Waals surface area contributed by atoms with Gasteiger partial charge in [0.2, 0.25) is 0 Å². The summed E-state index contributed by atoms with van der Waals surface area (Å²) in [4.78, 5) is 14.3. The molecular formula is C19H25N3O. The second kappa shape index (κ2) is 7.47. The van der Waals surface area contributed by atoms with E-state index in [2.05, 4.69) is 47.8 Å². The van der Waals surface area contributed by atoms with Crippen LogP contribution in [0.15, 0.2) is 42.5 Å². The topological polar surface area (TPSA) is 58.4 Å². The Hall–Kier alpha value is -2.07. The Morgan fingerprint density at radius 1 is 1.17 bits per heavy atom. The smallest absolute Gasteiger partial charge is 0.317 e. The van der Waals surface area contributed by atoms with Gasteiger partial charge in [0.05, 0.1) is 0 Å². The molecule has 2 aromatic carbocycles. The molecule has 2 amide bonds. The molecule has 1 fully saturated rings. The van der Waals surface area contributed by atoms with Crippen molar-refractivity contribution in [1.82, 2.24) is 10.2 Å². The van der Waals surface area contributed by atoms with Crippen LogP contribution in [0.25, 0.3) is 10.8 Å². The number of amides is 2. The summed E-state index contributed by atoms with van der Waals surface area (Å²) in [6.07, 6.45) is 4.11. The van der Waals surface area contributed by atoms with Gasteiger partial charge < -0.3 is 16.0 Å². The molecule has 4 heteroatoms. The number of carbonyl (C=O) groups excluding carboxylic acids is 1. The lowest BCUT2D eigenvalue weighted by molar-refractivity contribution is 0.154. The lowest BCUT2D eigenvalue weighted by Crippen LogP contribution is -2.51. The van der Waals surface area contributed by atoms with Crippen LogP contribution in [0, 0.1) is 0 Å². The molecule has 0 spiro atoms. The first kappa shape index (κ1) is 15.8. The maximum atomic E-state index is 12.4. The monoisotopic (exact) mass is 311 g/mol. The van der Waals surface area contributed by atoms with Gasteiger partial charge in [0, 0.05) is 25.7 Å². The van der Waals surface area contributed by atoms with Crippen molar-refractivity contribution in [2.45, 2.75) is 31.7 Å². The Kier molecular flexibility index (Phi) is 5.13. The van der Waals surface area contributed by atoms with E-state index in [9.17, 15) is 4.79 Å². The number of rotatable bonds is 4. The van der Waals surface area contributed by atoms with Gasteiger partial charge in [-0.25, -0.2) is 4.79 Å². The zero-order valence-electron chi connectivity index (χ0n) is 13.5. The fraction of sp³-hybridized carbons (Fsp3) is 0.421. The molecule has 0 bridgehead atoms. The van der Waals surface area contributed by atoms with Crippen molar-refractivity contribution in [3.63, 3.8) is 0 Å². The van der Waals surface area contributed by atoms with Crippen LogP contribution < -0.4 is 11.1 Å². The van der Waals surface area contributed by atoms with Gasteiger partial charge in [0.25, 0.3) is 0 Å². The zero-order chi connectivity index (χ0) is 16.1. The minimum atomic E-state index is 0.0281. The summed E-state index contributed by atoms with van der Waals surface area (Å²) in [5.41, 5.74) is 7.07. The molecule has 23 heavy (non-hydrogen) atoms. The van der Waals surface area contributed by atoms with E-state index in [1.54, 1.807) is 0 Å². The van der Waals surface area contributed by atoms with Crippen LogP contribution in [-0.4, -0.2) is 36.6 Å². The highest BCUT2D eigenvalue weighted by Crippen LogP contribution is 2.19. The molecule has 0 aliphatic carbocycles. The lowest BCUT2D eigenvalue weighted by Gasteiger charge is -2.35. The molecule has 0 unspecified atom stereocenters. The number of hydrogen-bond acceptors (Lipinski definition) is 2. The molecule has 1 heterocycles. The average molecular weight is 311 g/mol. The average Bonchev–Trinajstić information content (AvgIpc) is 2.61. The van der Waals surface area contributed by atoms with Crippen molar-refractivity contribution >= 4 is 16.8 Å². The molecule has 122 valence electrons. The van der Waals surface area contributed by atoms with Crippen LogP contribution in [0.3, 0.4) is 0 Å². The molecule has 0 saturated carbocycles. The van der Waals surface area contributed by atoms with E-state index in [-0.39, 0.29) is 12.1 Å². The largest absolute Gasteiger partial charge is 0.338 e. The molecule has 3 rings (SSSR count). The first-order valence-corrected chi connectivity index (χ1v) is 8.51. The van der Waals surface area contributed by atoms with Crippen molar-refractivity contribution in [2.75, 3.05) is 19.6 Å². The molecule has 1 aliphatic rings. The maximum absolute atomic E-state index is 12.4. The highest BCUT2D eigenvalue weighted by atomic mass is 16.2. The molecule has 1 aliphatic heterocycles. The van der Waals surface area contributed by atoms with E-state index in [0.29, 0.717) is 13.1 Å². The van der Waals surface area contributed by atoms with Gasteiger partial charge in [-0.3, -0.25) is 0 Å². The second-order valence-corrected chi connectivity index (χ2v) is 6.20. The first-order chi connectivity index (χ1) is 11.3. The highest BCUT2D eigenvalue weighted by Gasteiger charge is 2.25. The molecule has 2 aromatic rings. The fourth-order valence-electron chi connectivity index (χ4n) is 3.43. The summed E-state index contributed by atoms with van der Waals surface area (Å²) in [5.74, 6) is 0. The number of benzene rings is 2. The molecule has 0 radical (unpaired) electrons. The Morgan fingerprint density at radius 3 is 2.87 bits per heavy atom. The summed E-state index contributed by atoms with van der Waals surface area (Å²) in [6.45, 7) is 2.03. The van der Waals surface area contributed by atoms with Crippen molar-refractivity contribution in [2.24, 2.45) is 5.73 Å². The number of urea groups is 1. The van der Waals surface area contributed by atoms with E-state index in [4.69, 9.17) is 5.73 Å². The van der Waals surface area contributed by atoms with Crippen LogP contribution in [0.4, 0.5) is 4.79 Å². The summed E-state index contributed by atoms with van der Waals surface area (Å²) in [5, 5.41) is 5.57. The summed E-state index contributed by atoms with van der Waals surface area (Å²) >= 11 is 0. The third-order valence-corrected chi connectivity index (χ3v) is 4.71. The van der Waals surface area contributed by atoms with Crippen molar-refractivity contribution in [3.8, 4) is 0 Å². The number of piperidine rings is 1. The van der Waals surface area contributed by atoms with Crippen LogP contribution in [0.2, 0.25) is 0 Å². The van der Waals surface area contributed by atoms with E-state index in [0.717, 1.165) is 25.8 Å². The Morgan fingerprint density at radius 2 is 2.00 bits per heavy atom. The third-order valence-electron chi connectivity index (χ3n) is 4.71. The molecule has 1 atom stereocenters. The molecule has 4 nitrogen and oxygen atoms in total. The normalized spacial score (nSPS) is 18.1. The summed E-state index contributed by atoms with van der Waals surface area (Å²) in [7, 11) is 0. The van der Waals surface area contributed by atoms with E-state index in [1.165, 1.54) is 22.8 Å². The SMILES string of the molecule is NC[C@@H]1CCCCN1C(=O)NCCc1cccc2ccccc12. The van der Waals surface area contributed by atoms with Gasteiger partial charge in [0.1, 0.15) is 0 Å². The minimum Gasteiger partial charge on any atom is -0.338 e. The van der Waals surface area contributed by atoms with Crippen LogP contribution >= 0.6 is 0 Å². The highest BCUT2D eigenvalue weighted by molar-refractivity contribution is 5.85. The van der Waals surface area contributed by atoms with Gasteiger partial charge in [0.15, 0.2) is 0 Å². The third kappa shape index (κ3) is 3.64. The van der Waals surface area contributed by atoms with Crippen LogP contribution in [0.1, 0.15) is 24.8 Å². The molecular weight excluding hydrogens is 286 g/mol. The van der Waals surface area contributed by atoms with Crippen molar-refractivity contribution in [1.29, 1.82) is 0 Å². The maximum Gasteiger partial charge on any atom is 0.317 e. The Bertz CT molecular complexity index is 665. The minimum absolute atomic E-state index is 0.0281. The van der Waals surface area contributed by atoms with Gasteiger partial charge in [-0.2, -0.15) is 0 Å². The molecule has 3 N–H and O–H groups in total. The zero-order valence-corrected chi connectivity index (χ0v) is 13.5. The molecule has 0 aromatic heterocycles. The second-order valence-electron chi connectivity index (χ2n) is 6.20. The first-order valence-electron chi connectivity index (χ1n) is 8.51. The quantitative estimate of drug-likeness (QED) is 0.912. The number of likely N-dealkylation sites (tertiary alicyclic amines) is 1. The van der Waals surface area contributed by atoms with Gasteiger partial charge in [-0.1, -0.05) is 42.5 Å². The summed E-state index contributed by atoms with van der Waals surface area (Å²) < 4.78 is 0. The van der Waals surface area contributed by atoms with Gasteiger partial charge in [-0.15, -0.1) is 0 Å². The number of carbonyl (C=O) groups is 1. The van der Waals surface area contributed by atoms with Crippen molar-refractivity contribution in [3.05, 3.63) is 48.0 Å². The van der Waals surface area contributed by atoms with Crippen LogP contribution in [-0.2, 0) is 6.42 Å². The standard InChI is InChI=1S/C19H25N3O/c20-14-17-9-3-4-13-22(17)19(23)21-12-11-16-8-5-7-15-6-1-2-10-18(15)16/h1-2,5-8,10,17H,3-4,9,11-14,20H2,(H,21,23)/t17-/m0/s1. The number of nitrogens with two attached hydrogens (primary N) is 1. The predicted molar refractivity (Wildman–Crippen MR) is 94.5 cm³/mol. The Labute approximate surface area is 137 Å². The number of fused-ring (bicyclic) bond motifs is 1. The lowest BCUT2D eigenvalue weighted by atomic mass is 10.0. The number of hydrogen-bond donors (Lipinski definition) is 2. The van der Waals surface area contributed by atoms with Gasteiger partial charge in [-0.05, 0) is 42.0 Å². The van der Waals surface area contributed by atoms with Crippen molar-refractivity contribution < 1.29 is 4.79 Å². The van der Waals surface area contributed by atoms with E-state index in [1.807, 2.05) is 4.90 Å². The van der Waals surface area contributed by atoms with Crippen LogP contribution in [0.5, 0.6) is 0 Å². The fourth-order valence-corrected chi connectivity index (χ4v) is 3.43. The number of nitrogens with zero attached hydrogens (tertiary/aromatic N) is 1.